The quantitative estimate of drug-likeness (QED) is 0.320. The highest BCUT2D eigenvalue weighted by Crippen LogP contribution is 2.28. The molecule has 0 unspecified atom stereocenters. The number of rotatable bonds is 9. The van der Waals surface area contributed by atoms with Crippen LogP contribution in [-0.4, -0.2) is 70.4 Å². The van der Waals surface area contributed by atoms with Gasteiger partial charge < -0.3 is 18.9 Å². The molecule has 4 rings (SSSR count). The van der Waals surface area contributed by atoms with E-state index in [-0.39, 0.29) is 35.9 Å². The lowest BCUT2D eigenvalue weighted by Crippen LogP contribution is -2.14. The van der Waals surface area contributed by atoms with Gasteiger partial charge in [-0.15, -0.1) is 10.2 Å². The van der Waals surface area contributed by atoms with Crippen LogP contribution in [0.25, 0.3) is 11.4 Å². The largest absolute Gasteiger partial charge is 0.497 e. The van der Waals surface area contributed by atoms with Crippen molar-refractivity contribution in [2.24, 2.45) is 0 Å². The summed E-state index contributed by atoms with van der Waals surface area (Å²) in [7, 11) is 5.64. The van der Waals surface area contributed by atoms with E-state index in [0.29, 0.717) is 11.5 Å². The van der Waals surface area contributed by atoms with Gasteiger partial charge in [-0.05, 0) is 35.4 Å². The molecule has 0 N–H and O–H groups in total. The maximum absolute atomic E-state index is 12.6. The van der Waals surface area contributed by atoms with Crippen molar-refractivity contribution in [3.8, 4) is 22.9 Å². The van der Waals surface area contributed by atoms with E-state index in [0.717, 1.165) is 11.1 Å². The number of ether oxygens (including phenoxy) is 4. The zero-order valence-corrected chi connectivity index (χ0v) is 20.2. The van der Waals surface area contributed by atoms with Crippen molar-refractivity contribution in [1.29, 1.82) is 0 Å². The Bertz CT molecular complexity index is 1260. The van der Waals surface area contributed by atoms with Gasteiger partial charge in [-0.25, -0.2) is 19.0 Å². The molecule has 36 heavy (non-hydrogen) atoms. The standard InChI is InChI=1S/C24H24N6O6/c1-33-17-9-5-15(6-10-17)13-29-21(19(25-27-29)23(31)35-3)22-20(24(32)36-4)26-28-30(22)14-16-7-11-18(34-2)12-8-16/h5-12H,13-14H2,1-4H3. The molecule has 2 aromatic carbocycles. The average molecular weight is 492 g/mol. The van der Waals surface area contributed by atoms with Crippen LogP contribution in [0.4, 0.5) is 0 Å². The molecule has 0 radical (unpaired) electrons. The smallest absolute Gasteiger partial charge is 0.361 e. The highest BCUT2D eigenvalue weighted by molar-refractivity contribution is 5.99. The minimum absolute atomic E-state index is 0.0885. The lowest BCUT2D eigenvalue weighted by Gasteiger charge is -2.12. The first kappa shape index (κ1) is 24.4. The molecular weight excluding hydrogens is 468 g/mol. The third-order valence-electron chi connectivity index (χ3n) is 5.43. The molecule has 0 fully saturated rings. The molecule has 12 heteroatoms. The summed E-state index contributed by atoms with van der Waals surface area (Å²) in [6, 6.07) is 14.7. The zero-order chi connectivity index (χ0) is 25.7. The topological polar surface area (TPSA) is 132 Å². The molecule has 0 atom stereocenters. The van der Waals surface area contributed by atoms with Crippen molar-refractivity contribution in [2.45, 2.75) is 13.1 Å². The van der Waals surface area contributed by atoms with Gasteiger partial charge in [0.05, 0.1) is 41.5 Å². The van der Waals surface area contributed by atoms with Gasteiger partial charge in [0, 0.05) is 0 Å². The van der Waals surface area contributed by atoms with Crippen LogP contribution < -0.4 is 9.47 Å². The third kappa shape index (κ3) is 4.87. The second-order valence-corrected chi connectivity index (χ2v) is 7.57. The average Bonchev–Trinajstić information content (AvgIpc) is 3.52. The first-order valence-electron chi connectivity index (χ1n) is 10.8. The third-order valence-corrected chi connectivity index (χ3v) is 5.43. The Labute approximate surface area is 206 Å². The van der Waals surface area contributed by atoms with Crippen LogP contribution in [0.3, 0.4) is 0 Å². The Kier molecular flexibility index (Phi) is 7.23. The molecule has 0 aliphatic carbocycles. The van der Waals surface area contributed by atoms with Gasteiger partial charge in [-0.2, -0.15) is 0 Å². The summed E-state index contributed by atoms with van der Waals surface area (Å²) in [6.07, 6.45) is 0. The zero-order valence-electron chi connectivity index (χ0n) is 20.2. The Hall–Kier alpha value is -4.74. The van der Waals surface area contributed by atoms with Crippen LogP contribution in [0.5, 0.6) is 11.5 Å². The van der Waals surface area contributed by atoms with Crippen LogP contribution in [0.2, 0.25) is 0 Å². The van der Waals surface area contributed by atoms with E-state index in [2.05, 4.69) is 20.6 Å². The van der Waals surface area contributed by atoms with E-state index >= 15 is 0 Å². The molecule has 0 aliphatic rings. The molecule has 0 spiro atoms. The van der Waals surface area contributed by atoms with Crippen molar-refractivity contribution in [3.63, 3.8) is 0 Å². The molecule has 2 aromatic heterocycles. The number of hydrogen-bond donors (Lipinski definition) is 0. The van der Waals surface area contributed by atoms with Crippen molar-refractivity contribution in [2.75, 3.05) is 28.4 Å². The maximum atomic E-state index is 12.6. The summed E-state index contributed by atoms with van der Waals surface area (Å²) in [5, 5.41) is 16.4. The number of esters is 2. The van der Waals surface area contributed by atoms with E-state index in [9.17, 15) is 9.59 Å². The Balaban J connectivity index is 1.84. The van der Waals surface area contributed by atoms with Gasteiger partial charge in [-0.1, -0.05) is 34.7 Å². The number of hydrogen-bond acceptors (Lipinski definition) is 10. The number of aromatic nitrogens is 6. The SMILES string of the molecule is COC(=O)c1nnn(Cc2ccc(OC)cc2)c1-c1c(C(=O)OC)nnn1Cc1ccc(OC)cc1. The van der Waals surface area contributed by atoms with Gasteiger partial charge in [0.2, 0.25) is 0 Å². The molecule has 0 amide bonds. The predicted molar refractivity (Wildman–Crippen MR) is 126 cm³/mol. The molecule has 4 aromatic rings. The summed E-state index contributed by atoms with van der Waals surface area (Å²) in [5.41, 5.74) is 1.97. The second kappa shape index (κ2) is 10.7. The minimum Gasteiger partial charge on any atom is -0.497 e. The van der Waals surface area contributed by atoms with E-state index in [1.807, 2.05) is 48.5 Å². The molecule has 0 saturated carbocycles. The summed E-state index contributed by atoms with van der Waals surface area (Å²) < 4.78 is 23.3. The van der Waals surface area contributed by atoms with E-state index in [1.54, 1.807) is 14.2 Å². The van der Waals surface area contributed by atoms with Crippen LogP contribution >= 0.6 is 0 Å². The minimum atomic E-state index is -0.723. The molecule has 12 nitrogen and oxygen atoms in total. The molecular formula is C24H24N6O6. The Morgan fingerprint density at radius 1 is 0.639 bits per heavy atom. The molecule has 0 saturated heterocycles. The van der Waals surface area contributed by atoms with Gasteiger partial charge in [0.25, 0.3) is 0 Å². The molecule has 2 heterocycles. The van der Waals surface area contributed by atoms with Gasteiger partial charge in [0.15, 0.2) is 11.4 Å². The number of carbonyl (C=O) groups excluding carboxylic acids is 2. The highest BCUT2D eigenvalue weighted by Gasteiger charge is 2.31. The molecule has 0 aliphatic heterocycles. The van der Waals surface area contributed by atoms with E-state index in [4.69, 9.17) is 18.9 Å². The fraction of sp³-hybridized carbons (Fsp3) is 0.250. The molecule has 186 valence electrons. The number of carbonyl (C=O) groups is 2. The first-order valence-corrected chi connectivity index (χ1v) is 10.8. The monoisotopic (exact) mass is 492 g/mol. The van der Waals surface area contributed by atoms with Crippen molar-refractivity contribution in [1.82, 2.24) is 30.0 Å². The predicted octanol–water partition coefficient (Wildman–Crippen LogP) is 2.22. The van der Waals surface area contributed by atoms with Crippen molar-refractivity contribution in [3.05, 3.63) is 71.0 Å². The fourth-order valence-corrected chi connectivity index (χ4v) is 3.59. The summed E-state index contributed by atoms with van der Waals surface area (Å²) in [4.78, 5) is 25.3. The Morgan fingerprint density at radius 2 is 1.00 bits per heavy atom. The van der Waals surface area contributed by atoms with E-state index in [1.165, 1.54) is 23.6 Å². The number of benzene rings is 2. The highest BCUT2D eigenvalue weighted by atomic mass is 16.5. The summed E-state index contributed by atoms with van der Waals surface area (Å²) in [5.74, 6) is -0.0527. The summed E-state index contributed by atoms with van der Waals surface area (Å²) in [6.45, 7) is 0.468. The lowest BCUT2D eigenvalue weighted by molar-refractivity contribution is 0.0583. The normalized spacial score (nSPS) is 10.7. The van der Waals surface area contributed by atoms with Crippen molar-refractivity contribution >= 4 is 11.9 Å². The number of nitrogens with zero attached hydrogens (tertiary/aromatic N) is 6. The number of methoxy groups -OCH3 is 4. The summed E-state index contributed by atoms with van der Waals surface area (Å²) >= 11 is 0. The molecule has 0 bridgehead atoms. The Morgan fingerprint density at radius 3 is 1.31 bits per heavy atom. The van der Waals surface area contributed by atoms with Gasteiger partial charge >= 0.3 is 11.9 Å². The van der Waals surface area contributed by atoms with Gasteiger partial charge in [0.1, 0.15) is 22.9 Å². The van der Waals surface area contributed by atoms with Crippen LogP contribution in [-0.2, 0) is 22.6 Å². The lowest BCUT2D eigenvalue weighted by atomic mass is 10.1. The first-order chi connectivity index (χ1) is 17.5. The van der Waals surface area contributed by atoms with E-state index < -0.39 is 11.9 Å². The van der Waals surface area contributed by atoms with Crippen LogP contribution in [0, 0.1) is 0 Å². The van der Waals surface area contributed by atoms with Crippen LogP contribution in [0.15, 0.2) is 48.5 Å². The fourth-order valence-electron chi connectivity index (χ4n) is 3.59. The van der Waals surface area contributed by atoms with Gasteiger partial charge in [-0.3, -0.25) is 0 Å². The van der Waals surface area contributed by atoms with Crippen LogP contribution in [0.1, 0.15) is 32.1 Å². The second-order valence-electron chi connectivity index (χ2n) is 7.57. The van der Waals surface area contributed by atoms with Crippen molar-refractivity contribution < 1.29 is 28.5 Å². The maximum Gasteiger partial charge on any atom is 0.361 e.